The molecule has 1 saturated heterocycles. The van der Waals surface area contributed by atoms with Gasteiger partial charge in [0.25, 0.3) is 0 Å². The van der Waals surface area contributed by atoms with Gasteiger partial charge in [0.15, 0.2) is 0 Å². The number of hydrogen-bond donors (Lipinski definition) is 1. The van der Waals surface area contributed by atoms with Crippen molar-refractivity contribution in [1.82, 2.24) is 10.2 Å². The van der Waals surface area contributed by atoms with Gasteiger partial charge in [0.05, 0.1) is 18.9 Å². The van der Waals surface area contributed by atoms with Crippen molar-refractivity contribution < 1.29 is 14.3 Å². The zero-order valence-corrected chi connectivity index (χ0v) is 15.2. The number of benzene rings is 1. The van der Waals surface area contributed by atoms with Gasteiger partial charge in [-0.2, -0.15) is 0 Å². The third-order valence-corrected chi connectivity index (χ3v) is 5.30. The van der Waals surface area contributed by atoms with E-state index >= 15 is 0 Å². The summed E-state index contributed by atoms with van der Waals surface area (Å²) in [6.45, 7) is 4.45. The number of carbonyl (C=O) groups is 2. The van der Waals surface area contributed by atoms with Crippen LogP contribution in [0.1, 0.15) is 31.7 Å². The average Bonchev–Trinajstić information content (AvgIpc) is 3.42. The lowest BCUT2D eigenvalue weighted by Crippen LogP contribution is -2.41. The molecule has 2 amide bonds. The molecule has 5 nitrogen and oxygen atoms in total. The number of ether oxygens (including phenoxy) is 1. The number of nitrogens with zero attached hydrogens (tertiary/aromatic N) is 1. The topological polar surface area (TPSA) is 58.6 Å². The van der Waals surface area contributed by atoms with Gasteiger partial charge in [-0.25, -0.2) is 0 Å². The molecule has 25 heavy (non-hydrogen) atoms. The monoisotopic (exact) mass is 344 g/mol. The van der Waals surface area contributed by atoms with Gasteiger partial charge in [0, 0.05) is 19.6 Å². The Balaban J connectivity index is 1.43. The fraction of sp³-hybridized carbons (Fsp3) is 0.600. The first-order valence-corrected chi connectivity index (χ1v) is 9.28. The number of amides is 2. The number of para-hydroxylation sites is 1. The fourth-order valence-electron chi connectivity index (χ4n) is 3.74. The predicted molar refractivity (Wildman–Crippen MR) is 96.3 cm³/mol. The van der Waals surface area contributed by atoms with Crippen molar-refractivity contribution in [1.29, 1.82) is 0 Å². The Morgan fingerprint density at radius 2 is 2.08 bits per heavy atom. The van der Waals surface area contributed by atoms with E-state index in [4.69, 9.17) is 4.74 Å². The molecular weight excluding hydrogens is 316 g/mol. The zero-order chi connectivity index (χ0) is 17.8. The summed E-state index contributed by atoms with van der Waals surface area (Å²) in [5.41, 5.74) is 1.08. The summed E-state index contributed by atoms with van der Waals surface area (Å²) < 4.78 is 5.32. The minimum absolute atomic E-state index is 0.0123. The highest BCUT2D eigenvalue weighted by Gasteiger charge is 2.49. The maximum atomic E-state index is 12.5. The van der Waals surface area contributed by atoms with E-state index in [-0.39, 0.29) is 23.7 Å². The molecule has 1 aliphatic heterocycles. The molecule has 0 bridgehead atoms. The van der Waals surface area contributed by atoms with E-state index in [0.717, 1.165) is 37.2 Å². The fourth-order valence-corrected chi connectivity index (χ4v) is 3.74. The van der Waals surface area contributed by atoms with Crippen molar-refractivity contribution in [3.05, 3.63) is 29.8 Å². The van der Waals surface area contributed by atoms with Crippen LogP contribution in [-0.4, -0.2) is 43.5 Å². The third-order valence-electron chi connectivity index (χ3n) is 5.30. The van der Waals surface area contributed by atoms with Crippen molar-refractivity contribution >= 4 is 11.8 Å². The van der Waals surface area contributed by atoms with E-state index in [1.165, 1.54) is 6.42 Å². The van der Waals surface area contributed by atoms with Crippen molar-refractivity contribution in [2.45, 2.75) is 32.6 Å². The number of methoxy groups -OCH3 is 1. The van der Waals surface area contributed by atoms with Gasteiger partial charge in [-0.1, -0.05) is 25.1 Å². The minimum Gasteiger partial charge on any atom is -0.496 e. The van der Waals surface area contributed by atoms with Gasteiger partial charge in [0.1, 0.15) is 5.75 Å². The molecule has 5 heteroatoms. The van der Waals surface area contributed by atoms with Crippen LogP contribution in [-0.2, 0) is 16.0 Å². The van der Waals surface area contributed by atoms with Crippen molar-refractivity contribution in [2.75, 3.05) is 26.7 Å². The molecule has 1 saturated carbocycles. The Morgan fingerprint density at radius 3 is 2.84 bits per heavy atom. The Labute approximate surface area is 149 Å². The second-order valence-electron chi connectivity index (χ2n) is 7.33. The van der Waals surface area contributed by atoms with Crippen LogP contribution < -0.4 is 10.1 Å². The van der Waals surface area contributed by atoms with Gasteiger partial charge < -0.3 is 15.0 Å². The molecule has 1 aromatic carbocycles. The van der Waals surface area contributed by atoms with Crippen molar-refractivity contribution in [2.24, 2.45) is 17.8 Å². The molecule has 1 heterocycles. The lowest BCUT2D eigenvalue weighted by molar-refractivity contribution is -0.136. The SMILES string of the molecule is COc1ccccc1CCNC(=O)C1CC1C(=O)N1CCCC(C)C1. The molecule has 2 aliphatic rings. The minimum atomic E-state index is -0.137. The lowest BCUT2D eigenvalue weighted by atomic mass is 10.00. The van der Waals surface area contributed by atoms with Crippen LogP contribution in [0.4, 0.5) is 0 Å². The molecule has 0 spiro atoms. The lowest BCUT2D eigenvalue weighted by Gasteiger charge is -2.31. The molecule has 3 atom stereocenters. The first-order chi connectivity index (χ1) is 12.1. The molecular formula is C20H28N2O3. The number of hydrogen-bond acceptors (Lipinski definition) is 3. The molecule has 2 fully saturated rings. The summed E-state index contributed by atoms with van der Waals surface area (Å²) in [4.78, 5) is 26.8. The van der Waals surface area contributed by atoms with Gasteiger partial charge in [-0.3, -0.25) is 9.59 Å². The quantitative estimate of drug-likeness (QED) is 0.861. The summed E-state index contributed by atoms with van der Waals surface area (Å²) >= 11 is 0. The van der Waals surface area contributed by atoms with Gasteiger partial charge in [-0.15, -0.1) is 0 Å². The number of rotatable bonds is 6. The van der Waals surface area contributed by atoms with Crippen LogP contribution in [0, 0.1) is 17.8 Å². The van der Waals surface area contributed by atoms with E-state index in [9.17, 15) is 9.59 Å². The summed E-state index contributed by atoms with van der Waals surface area (Å²) in [6.07, 6.45) is 3.70. The van der Waals surface area contributed by atoms with E-state index in [1.54, 1.807) is 7.11 Å². The third kappa shape index (κ3) is 4.33. The van der Waals surface area contributed by atoms with Crippen LogP contribution in [0.5, 0.6) is 5.75 Å². The summed E-state index contributed by atoms with van der Waals surface area (Å²) in [5, 5.41) is 2.98. The second kappa shape index (κ2) is 7.89. The van der Waals surface area contributed by atoms with Crippen LogP contribution in [0.15, 0.2) is 24.3 Å². The van der Waals surface area contributed by atoms with E-state index in [2.05, 4.69) is 12.2 Å². The Bertz CT molecular complexity index is 631. The maximum absolute atomic E-state index is 12.5. The number of carbonyl (C=O) groups excluding carboxylic acids is 2. The predicted octanol–water partition coefficient (Wildman–Crippen LogP) is 2.25. The highest BCUT2D eigenvalue weighted by atomic mass is 16.5. The van der Waals surface area contributed by atoms with Crippen molar-refractivity contribution in [3.8, 4) is 5.75 Å². The molecule has 0 aromatic heterocycles. The molecule has 1 aliphatic carbocycles. The van der Waals surface area contributed by atoms with Gasteiger partial charge in [0.2, 0.25) is 11.8 Å². The van der Waals surface area contributed by atoms with Crippen LogP contribution in [0.3, 0.4) is 0 Å². The Hall–Kier alpha value is -2.04. The largest absolute Gasteiger partial charge is 0.496 e. The number of piperidine rings is 1. The first kappa shape index (κ1) is 17.8. The van der Waals surface area contributed by atoms with E-state index < -0.39 is 0 Å². The number of nitrogens with one attached hydrogen (secondary N) is 1. The molecule has 3 rings (SSSR count). The van der Waals surface area contributed by atoms with Gasteiger partial charge in [-0.05, 0) is 43.2 Å². The van der Waals surface area contributed by atoms with Crippen LogP contribution in [0.25, 0.3) is 0 Å². The summed E-state index contributed by atoms with van der Waals surface area (Å²) in [7, 11) is 1.65. The Kier molecular flexibility index (Phi) is 5.61. The first-order valence-electron chi connectivity index (χ1n) is 9.28. The smallest absolute Gasteiger partial charge is 0.226 e. The zero-order valence-electron chi connectivity index (χ0n) is 15.2. The molecule has 1 aromatic rings. The van der Waals surface area contributed by atoms with Crippen LogP contribution in [0.2, 0.25) is 0 Å². The Morgan fingerprint density at radius 1 is 1.28 bits per heavy atom. The average molecular weight is 344 g/mol. The molecule has 1 N–H and O–H groups in total. The molecule has 0 radical (unpaired) electrons. The second-order valence-corrected chi connectivity index (χ2v) is 7.33. The van der Waals surface area contributed by atoms with Crippen molar-refractivity contribution in [3.63, 3.8) is 0 Å². The summed E-state index contributed by atoms with van der Waals surface area (Å²) in [6, 6.07) is 7.83. The van der Waals surface area contributed by atoms with Crippen LogP contribution >= 0.6 is 0 Å². The van der Waals surface area contributed by atoms with E-state index in [0.29, 0.717) is 18.9 Å². The van der Waals surface area contributed by atoms with E-state index in [1.807, 2.05) is 29.2 Å². The molecule has 3 unspecified atom stereocenters. The number of likely N-dealkylation sites (tertiary alicyclic amines) is 1. The summed E-state index contributed by atoms with van der Waals surface area (Å²) in [5.74, 6) is 1.37. The normalized spacial score (nSPS) is 25.4. The highest BCUT2D eigenvalue weighted by molar-refractivity contribution is 5.92. The maximum Gasteiger partial charge on any atom is 0.226 e. The standard InChI is InChI=1S/C20H28N2O3/c1-14-6-5-11-22(13-14)20(24)17-12-16(17)19(23)21-10-9-15-7-3-4-8-18(15)25-2/h3-4,7-8,14,16-17H,5-6,9-13H2,1-2H3,(H,21,23). The highest BCUT2D eigenvalue weighted by Crippen LogP contribution is 2.40. The molecule has 136 valence electrons. The van der Waals surface area contributed by atoms with Gasteiger partial charge >= 0.3 is 0 Å².